The molecule has 0 amide bonds. The molecule has 2 aromatic carbocycles. The Balaban J connectivity index is 2.10. The predicted octanol–water partition coefficient (Wildman–Crippen LogP) is 0.395. The van der Waals surface area contributed by atoms with Gasteiger partial charge in [-0.05, 0) is 11.1 Å². The SMILES string of the molecule is CNc1c(NCc2cccc(CN)c2)c(=O)c1=O. The Hall–Kier alpha value is -2.14. The first kappa shape index (κ1) is 12.3. The van der Waals surface area contributed by atoms with Gasteiger partial charge in [0.1, 0.15) is 11.4 Å². The van der Waals surface area contributed by atoms with Crippen LogP contribution in [0.2, 0.25) is 0 Å². The second-order valence-corrected chi connectivity index (χ2v) is 4.04. The van der Waals surface area contributed by atoms with Crippen molar-refractivity contribution >= 4 is 11.4 Å². The van der Waals surface area contributed by atoms with Crippen molar-refractivity contribution in [3.05, 3.63) is 55.8 Å². The molecule has 94 valence electrons. The Morgan fingerprint density at radius 3 is 2.44 bits per heavy atom. The van der Waals surface area contributed by atoms with E-state index in [4.69, 9.17) is 5.73 Å². The van der Waals surface area contributed by atoms with E-state index in [9.17, 15) is 9.59 Å². The molecule has 0 bridgehead atoms. The van der Waals surface area contributed by atoms with Crippen molar-refractivity contribution in [2.45, 2.75) is 13.1 Å². The van der Waals surface area contributed by atoms with Gasteiger partial charge in [0.05, 0.1) is 0 Å². The summed E-state index contributed by atoms with van der Waals surface area (Å²) >= 11 is 0. The highest BCUT2D eigenvalue weighted by Crippen LogP contribution is 2.15. The van der Waals surface area contributed by atoms with Crippen LogP contribution >= 0.6 is 0 Å². The van der Waals surface area contributed by atoms with Crippen LogP contribution in [0.3, 0.4) is 0 Å². The molecule has 2 aromatic rings. The zero-order valence-corrected chi connectivity index (χ0v) is 10.1. The number of hydrogen-bond acceptors (Lipinski definition) is 5. The van der Waals surface area contributed by atoms with E-state index in [2.05, 4.69) is 10.6 Å². The highest BCUT2D eigenvalue weighted by atomic mass is 16.2. The molecular weight excluding hydrogens is 230 g/mol. The molecule has 0 atom stereocenters. The van der Waals surface area contributed by atoms with Crippen molar-refractivity contribution in [3.8, 4) is 0 Å². The Morgan fingerprint density at radius 1 is 1.11 bits per heavy atom. The average Bonchev–Trinajstić information content (AvgIpc) is 2.42. The maximum atomic E-state index is 11.3. The van der Waals surface area contributed by atoms with E-state index in [0.29, 0.717) is 24.5 Å². The van der Waals surface area contributed by atoms with Crippen LogP contribution in [0.4, 0.5) is 11.4 Å². The third-order valence-corrected chi connectivity index (χ3v) is 2.86. The molecule has 0 spiro atoms. The minimum atomic E-state index is -0.464. The van der Waals surface area contributed by atoms with E-state index in [-0.39, 0.29) is 0 Å². The molecule has 5 nitrogen and oxygen atoms in total. The highest BCUT2D eigenvalue weighted by Gasteiger charge is 2.18. The first-order valence-electron chi connectivity index (χ1n) is 5.70. The van der Waals surface area contributed by atoms with Crippen molar-refractivity contribution in [1.29, 1.82) is 0 Å². The fourth-order valence-electron chi connectivity index (χ4n) is 1.86. The van der Waals surface area contributed by atoms with Gasteiger partial charge in [0, 0.05) is 20.1 Å². The summed E-state index contributed by atoms with van der Waals surface area (Å²) in [7, 11) is 1.62. The van der Waals surface area contributed by atoms with E-state index in [1.165, 1.54) is 0 Å². The molecule has 0 saturated carbocycles. The number of benzene rings is 1. The lowest BCUT2D eigenvalue weighted by Gasteiger charge is -2.12. The maximum Gasteiger partial charge on any atom is 0.253 e. The second-order valence-electron chi connectivity index (χ2n) is 4.04. The molecule has 0 aliphatic rings. The number of nitrogens with two attached hydrogens (primary N) is 1. The Labute approximate surface area is 104 Å². The van der Waals surface area contributed by atoms with Gasteiger partial charge >= 0.3 is 0 Å². The quantitative estimate of drug-likeness (QED) is 0.664. The van der Waals surface area contributed by atoms with Crippen LogP contribution in [-0.4, -0.2) is 7.05 Å². The van der Waals surface area contributed by atoms with Gasteiger partial charge in [-0.3, -0.25) is 9.59 Å². The number of anilines is 2. The number of nitrogens with one attached hydrogen (secondary N) is 2. The molecule has 0 fully saturated rings. The highest BCUT2D eigenvalue weighted by molar-refractivity contribution is 5.73. The monoisotopic (exact) mass is 245 g/mol. The molecule has 18 heavy (non-hydrogen) atoms. The van der Waals surface area contributed by atoms with Crippen LogP contribution in [0, 0.1) is 0 Å². The average molecular weight is 245 g/mol. The Morgan fingerprint density at radius 2 is 1.78 bits per heavy atom. The standard InChI is InChI=1S/C13H15N3O2/c1-15-10-11(13(18)12(10)17)16-7-9-4-2-3-8(5-9)6-14/h2-5,15-16H,6-7,14H2,1H3. The van der Waals surface area contributed by atoms with Crippen molar-refractivity contribution in [2.24, 2.45) is 5.73 Å². The zero-order chi connectivity index (χ0) is 13.1. The van der Waals surface area contributed by atoms with Crippen LogP contribution in [0.5, 0.6) is 0 Å². The summed E-state index contributed by atoms with van der Waals surface area (Å²) < 4.78 is 0. The fourth-order valence-corrected chi connectivity index (χ4v) is 1.86. The largest absolute Gasteiger partial charge is 0.383 e. The van der Waals surface area contributed by atoms with E-state index in [1.54, 1.807) is 7.05 Å². The summed E-state index contributed by atoms with van der Waals surface area (Å²) in [5, 5.41) is 5.69. The zero-order valence-electron chi connectivity index (χ0n) is 10.1. The van der Waals surface area contributed by atoms with Gasteiger partial charge < -0.3 is 16.4 Å². The second kappa shape index (κ2) is 5.01. The molecule has 0 aliphatic heterocycles. The molecule has 0 aliphatic carbocycles. The molecule has 5 heteroatoms. The molecule has 2 rings (SSSR count). The van der Waals surface area contributed by atoms with Crippen LogP contribution in [0.25, 0.3) is 0 Å². The van der Waals surface area contributed by atoms with Crippen molar-refractivity contribution in [2.75, 3.05) is 17.7 Å². The van der Waals surface area contributed by atoms with Gasteiger partial charge in [-0.1, -0.05) is 24.3 Å². The lowest BCUT2D eigenvalue weighted by atomic mass is 10.1. The summed E-state index contributed by atoms with van der Waals surface area (Å²) in [5.74, 6) is 0. The van der Waals surface area contributed by atoms with Gasteiger partial charge in [-0.25, -0.2) is 0 Å². The third-order valence-electron chi connectivity index (χ3n) is 2.86. The van der Waals surface area contributed by atoms with Gasteiger partial charge in [-0.15, -0.1) is 0 Å². The summed E-state index contributed by atoms with van der Waals surface area (Å²) in [4.78, 5) is 22.5. The van der Waals surface area contributed by atoms with E-state index < -0.39 is 10.9 Å². The minimum Gasteiger partial charge on any atom is -0.383 e. The molecule has 0 radical (unpaired) electrons. The van der Waals surface area contributed by atoms with E-state index in [1.807, 2.05) is 24.3 Å². The first-order chi connectivity index (χ1) is 8.67. The Bertz CT molecular complexity index is 627. The lowest BCUT2D eigenvalue weighted by Crippen LogP contribution is -2.36. The van der Waals surface area contributed by atoms with Crippen molar-refractivity contribution < 1.29 is 0 Å². The van der Waals surface area contributed by atoms with Crippen LogP contribution in [0.15, 0.2) is 33.9 Å². The molecular formula is C13H15N3O2. The van der Waals surface area contributed by atoms with Gasteiger partial charge in [0.15, 0.2) is 0 Å². The van der Waals surface area contributed by atoms with E-state index in [0.717, 1.165) is 11.1 Å². The summed E-state index contributed by atoms with van der Waals surface area (Å²) in [5.41, 5.74) is 7.41. The van der Waals surface area contributed by atoms with Crippen molar-refractivity contribution in [1.82, 2.24) is 0 Å². The van der Waals surface area contributed by atoms with Gasteiger partial charge in [0.2, 0.25) is 0 Å². The lowest BCUT2D eigenvalue weighted by molar-refractivity contribution is 1.05. The molecule has 0 saturated heterocycles. The molecule has 0 heterocycles. The smallest absolute Gasteiger partial charge is 0.253 e. The third kappa shape index (κ3) is 2.12. The summed E-state index contributed by atoms with van der Waals surface area (Å²) in [6.45, 7) is 0.975. The fraction of sp³-hybridized carbons (Fsp3) is 0.231. The van der Waals surface area contributed by atoms with Crippen LogP contribution < -0.4 is 27.2 Å². The number of hydrogen-bond donors (Lipinski definition) is 3. The summed E-state index contributed by atoms with van der Waals surface area (Å²) in [6, 6.07) is 7.77. The van der Waals surface area contributed by atoms with Gasteiger partial charge in [-0.2, -0.15) is 0 Å². The molecule has 0 unspecified atom stereocenters. The van der Waals surface area contributed by atoms with E-state index >= 15 is 0 Å². The normalized spacial score (nSPS) is 10.6. The molecule has 0 aromatic heterocycles. The number of rotatable bonds is 5. The van der Waals surface area contributed by atoms with Gasteiger partial charge in [0.25, 0.3) is 10.9 Å². The van der Waals surface area contributed by atoms with Crippen molar-refractivity contribution in [3.63, 3.8) is 0 Å². The maximum absolute atomic E-state index is 11.3. The van der Waals surface area contributed by atoms with Crippen LogP contribution in [-0.2, 0) is 13.1 Å². The first-order valence-corrected chi connectivity index (χ1v) is 5.70. The minimum absolute atomic E-state index is 0.356. The van der Waals surface area contributed by atoms with Crippen LogP contribution in [0.1, 0.15) is 11.1 Å². The topological polar surface area (TPSA) is 84.2 Å². The Kier molecular flexibility index (Phi) is 3.43. The summed E-state index contributed by atoms with van der Waals surface area (Å²) in [6.07, 6.45) is 0. The molecule has 4 N–H and O–H groups in total. The predicted molar refractivity (Wildman–Crippen MR) is 72.6 cm³/mol.